The molecule has 0 amide bonds. The van der Waals surface area contributed by atoms with Crippen molar-refractivity contribution in [3.05, 3.63) is 91.1 Å². The van der Waals surface area contributed by atoms with Gasteiger partial charge in [0.15, 0.2) is 0 Å². The maximum atomic E-state index is 12.3. The van der Waals surface area contributed by atoms with Crippen LogP contribution in [0.4, 0.5) is 0 Å². The minimum Gasteiger partial charge on any atom is -0.497 e. The summed E-state index contributed by atoms with van der Waals surface area (Å²) in [5.41, 5.74) is 0.574. The summed E-state index contributed by atoms with van der Waals surface area (Å²) in [5.74, 6) is 0.682. The van der Waals surface area contributed by atoms with Crippen molar-refractivity contribution >= 4 is 18.1 Å². The Morgan fingerprint density at radius 3 is 1.61 bits per heavy atom. The minimum atomic E-state index is -0.427. The number of rotatable bonds is 4. The van der Waals surface area contributed by atoms with Crippen LogP contribution in [0.3, 0.4) is 0 Å². The van der Waals surface area contributed by atoms with Crippen LogP contribution in [0.2, 0.25) is 0 Å². The van der Waals surface area contributed by atoms with Crippen LogP contribution >= 0.6 is 0 Å². The molecule has 142 valence electrons. The van der Waals surface area contributed by atoms with Crippen molar-refractivity contribution in [3.8, 4) is 11.5 Å². The monoisotopic (exact) mass is 378 g/mol. The maximum Gasteiger partial charge on any atom is 0.308 e. The lowest BCUT2D eigenvalue weighted by Gasteiger charge is -2.00. The third-order valence-corrected chi connectivity index (χ3v) is 3.87. The number of aromatic amines is 2. The number of ether oxygens (including phenoxy) is 2. The number of H-pyrrole nitrogens is 2. The van der Waals surface area contributed by atoms with Crippen molar-refractivity contribution in [2.45, 2.75) is 6.92 Å². The van der Waals surface area contributed by atoms with Crippen LogP contribution in [-0.2, 0) is 4.79 Å². The number of carbonyl (C=O) groups is 1. The van der Waals surface area contributed by atoms with Crippen LogP contribution in [0.15, 0.2) is 58.1 Å². The molecule has 0 saturated heterocycles. The van der Waals surface area contributed by atoms with Crippen molar-refractivity contribution in [1.29, 1.82) is 0 Å². The van der Waals surface area contributed by atoms with E-state index in [4.69, 9.17) is 9.47 Å². The minimum absolute atomic E-state index is 0.122. The Balaban J connectivity index is 1.96. The van der Waals surface area contributed by atoms with E-state index in [1.165, 1.54) is 13.0 Å². The average molecular weight is 378 g/mol. The lowest BCUT2D eigenvalue weighted by molar-refractivity contribution is -0.131. The molecule has 1 heterocycles. The molecule has 0 unspecified atom stereocenters. The zero-order valence-corrected chi connectivity index (χ0v) is 15.3. The molecular formula is C21H18N2O5. The second kappa shape index (κ2) is 8.22. The largest absolute Gasteiger partial charge is 0.497 e. The quantitative estimate of drug-likeness (QED) is 0.513. The third kappa shape index (κ3) is 4.64. The van der Waals surface area contributed by atoms with Gasteiger partial charge in [-0.25, -0.2) is 0 Å². The third-order valence-electron chi connectivity index (χ3n) is 3.87. The molecule has 0 aliphatic carbocycles. The van der Waals surface area contributed by atoms with Crippen molar-refractivity contribution < 1.29 is 14.3 Å². The first-order valence-corrected chi connectivity index (χ1v) is 8.43. The molecule has 28 heavy (non-hydrogen) atoms. The van der Waals surface area contributed by atoms with Gasteiger partial charge >= 0.3 is 5.97 Å². The fourth-order valence-corrected chi connectivity index (χ4v) is 2.53. The Morgan fingerprint density at radius 1 is 0.786 bits per heavy atom. The van der Waals surface area contributed by atoms with Gasteiger partial charge in [-0.05, 0) is 47.5 Å². The molecule has 0 aliphatic heterocycles. The van der Waals surface area contributed by atoms with Gasteiger partial charge in [-0.15, -0.1) is 0 Å². The van der Waals surface area contributed by atoms with Gasteiger partial charge < -0.3 is 19.4 Å². The lowest BCUT2D eigenvalue weighted by atomic mass is 10.2. The normalized spacial score (nSPS) is 12.1. The van der Waals surface area contributed by atoms with Gasteiger partial charge in [0.25, 0.3) is 11.1 Å². The molecule has 0 bridgehead atoms. The molecule has 0 atom stereocenters. The predicted octanol–water partition coefficient (Wildman–Crippen LogP) is 0.655. The van der Waals surface area contributed by atoms with E-state index in [0.29, 0.717) is 17.1 Å². The molecule has 0 aliphatic rings. The van der Waals surface area contributed by atoms with Crippen molar-refractivity contribution in [2.24, 2.45) is 0 Å². The van der Waals surface area contributed by atoms with E-state index in [-0.39, 0.29) is 10.7 Å². The summed E-state index contributed by atoms with van der Waals surface area (Å²) in [6.45, 7) is 1.31. The SMILES string of the molecule is COc1ccc(C=c2[nH]c(=O)c(=Cc3ccc(OC(C)=O)cc3)[nH]c2=O)cc1. The molecule has 0 radical (unpaired) electrons. The predicted molar refractivity (Wildman–Crippen MR) is 105 cm³/mol. The molecule has 3 aromatic rings. The standard InChI is InChI=1S/C21H18N2O5/c1-13(24)28-17-9-5-15(6-10-17)12-19-21(26)22-18(20(25)23-19)11-14-3-7-16(27-2)8-4-14/h3-12H,1-2H3,(H,22,26)(H,23,25). The second-order valence-corrected chi connectivity index (χ2v) is 5.96. The van der Waals surface area contributed by atoms with Crippen LogP contribution in [0.25, 0.3) is 12.2 Å². The number of hydrogen-bond acceptors (Lipinski definition) is 5. The lowest BCUT2D eigenvalue weighted by Crippen LogP contribution is -2.46. The van der Waals surface area contributed by atoms with Crippen LogP contribution in [0.1, 0.15) is 18.1 Å². The Morgan fingerprint density at radius 2 is 1.21 bits per heavy atom. The van der Waals surface area contributed by atoms with Gasteiger partial charge in [-0.2, -0.15) is 0 Å². The van der Waals surface area contributed by atoms with Gasteiger partial charge in [0.05, 0.1) is 7.11 Å². The van der Waals surface area contributed by atoms with Gasteiger partial charge in [-0.1, -0.05) is 24.3 Å². The molecule has 7 heteroatoms. The van der Waals surface area contributed by atoms with Gasteiger partial charge in [0, 0.05) is 6.92 Å². The molecule has 2 aromatic carbocycles. The highest BCUT2D eigenvalue weighted by molar-refractivity contribution is 5.69. The van der Waals surface area contributed by atoms with Crippen molar-refractivity contribution in [3.63, 3.8) is 0 Å². The fourth-order valence-electron chi connectivity index (χ4n) is 2.53. The van der Waals surface area contributed by atoms with Crippen LogP contribution in [0, 0.1) is 0 Å². The Kier molecular flexibility index (Phi) is 5.55. The highest BCUT2D eigenvalue weighted by atomic mass is 16.5. The van der Waals surface area contributed by atoms with E-state index in [1.807, 2.05) is 0 Å². The summed E-state index contributed by atoms with van der Waals surface area (Å²) in [6.07, 6.45) is 3.12. The number of aromatic nitrogens is 2. The van der Waals surface area contributed by atoms with Gasteiger partial charge in [-0.3, -0.25) is 14.4 Å². The van der Waals surface area contributed by atoms with E-state index in [9.17, 15) is 14.4 Å². The summed E-state index contributed by atoms with van der Waals surface area (Å²) >= 11 is 0. The van der Waals surface area contributed by atoms with Gasteiger partial charge in [0.1, 0.15) is 22.2 Å². The van der Waals surface area contributed by atoms with Gasteiger partial charge in [0.2, 0.25) is 0 Å². The number of nitrogens with one attached hydrogen (secondary N) is 2. The zero-order valence-electron chi connectivity index (χ0n) is 15.3. The van der Waals surface area contributed by atoms with Crippen molar-refractivity contribution in [2.75, 3.05) is 7.11 Å². The first kappa shape index (κ1) is 18.9. The second-order valence-electron chi connectivity index (χ2n) is 5.96. The molecule has 0 spiro atoms. The summed E-state index contributed by atoms with van der Waals surface area (Å²) in [7, 11) is 1.57. The highest BCUT2D eigenvalue weighted by Gasteiger charge is 2.00. The summed E-state index contributed by atoms with van der Waals surface area (Å²) in [5, 5.41) is 0.273. The summed E-state index contributed by atoms with van der Waals surface area (Å²) in [6, 6.07) is 13.6. The van der Waals surface area contributed by atoms with E-state index in [0.717, 1.165) is 5.56 Å². The number of esters is 1. The number of benzene rings is 2. The highest BCUT2D eigenvalue weighted by Crippen LogP contribution is 2.12. The summed E-state index contributed by atoms with van der Waals surface area (Å²) in [4.78, 5) is 40.8. The van der Waals surface area contributed by atoms with E-state index < -0.39 is 17.1 Å². The molecule has 1 aromatic heterocycles. The van der Waals surface area contributed by atoms with E-state index in [2.05, 4.69) is 9.97 Å². The average Bonchev–Trinajstić information content (AvgIpc) is 2.67. The van der Waals surface area contributed by atoms with Crippen LogP contribution in [-0.4, -0.2) is 23.0 Å². The van der Waals surface area contributed by atoms with E-state index >= 15 is 0 Å². The fraction of sp³-hybridized carbons (Fsp3) is 0.0952. The molecule has 3 rings (SSSR count). The van der Waals surface area contributed by atoms with Crippen LogP contribution < -0.4 is 31.3 Å². The zero-order chi connectivity index (χ0) is 20.1. The molecule has 7 nitrogen and oxygen atoms in total. The Bertz CT molecular complexity index is 1220. The Labute approximate surface area is 159 Å². The smallest absolute Gasteiger partial charge is 0.308 e. The number of hydrogen-bond donors (Lipinski definition) is 2. The summed E-state index contributed by atoms with van der Waals surface area (Å²) < 4.78 is 10.1. The topological polar surface area (TPSA) is 101 Å². The van der Waals surface area contributed by atoms with Crippen molar-refractivity contribution in [1.82, 2.24) is 9.97 Å². The maximum absolute atomic E-state index is 12.3. The number of methoxy groups -OCH3 is 1. The molecule has 0 fully saturated rings. The van der Waals surface area contributed by atoms with E-state index in [1.54, 1.807) is 61.7 Å². The number of carbonyl (C=O) groups excluding carboxylic acids is 1. The molecular weight excluding hydrogens is 360 g/mol. The van der Waals surface area contributed by atoms with Crippen LogP contribution in [0.5, 0.6) is 11.5 Å². The first-order chi connectivity index (χ1) is 13.4. The molecule has 2 N–H and O–H groups in total. The first-order valence-electron chi connectivity index (χ1n) is 8.43. The Hall–Kier alpha value is -3.87. The molecule has 0 saturated carbocycles.